The molecule has 0 atom stereocenters. The van der Waals surface area contributed by atoms with Gasteiger partial charge in [0.1, 0.15) is 5.82 Å². The second-order valence-electron chi connectivity index (χ2n) is 9.88. The van der Waals surface area contributed by atoms with E-state index >= 15 is 0 Å². The van der Waals surface area contributed by atoms with Gasteiger partial charge in [0.05, 0.1) is 0 Å². The van der Waals surface area contributed by atoms with Gasteiger partial charge in [0.2, 0.25) is 0 Å². The zero-order valence-electron chi connectivity index (χ0n) is 17.6. The predicted molar refractivity (Wildman–Crippen MR) is 120 cm³/mol. The Morgan fingerprint density at radius 1 is 0.786 bits per heavy atom. The Morgan fingerprint density at radius 2 is 1.43 bits per heavy atom. The molecule has 144 valence electrons. The normalized spacial score (nSPS) is 18.0. The number of hydrogen-bond donors (Lipinski definition) is 0. The van der Waals surface area contributed by atoms with Crippen molar-refractivity contribution >= 4 is 22.9 Å². The van der Waals surface area contributed by atoms with Crippen molar-refractivity contribution in [3.8, 4) is 0 Å². The highest BCUT2D eigenvalue weighted by Gasteiger charge is 2.48. The molecule has 0 aliphatic carbocycles. The van der Waals surface area contributed by atoms with Crippen molar-refractivity contribution in [1.29, 1.82) is 0 Å². The molecule has 0 radical (unpaired) electrons. The molecule has 2 heteroatoms. The molecule has 0 nitrogen and oxygen atoms in total. The SMILES string of the molecule is CC1(C)CB(c2cc(CCc3ccccc3)cc3cccc(F)c23)CC1(C)C. The van der Waals surface area contributed by atoms with E-state index in [1.54, 1.807) is 6.07 Å². The summed E-state index contributed by atoms with van der Waals surface area (Å²) in [5.41, 5.74) is 4.41. The Morgan fingerprint density at radius 3 is 2.11 bits per heavy atom. The Bertz CT molecular complexity index is 972. The summed E-state index contributed by atoms with van der Waals surface area (Å²) >= 11 is 0. The smallest absolute Gasteiger partial charge is 0.177 e. The molecule has 0 aromatic heterocycles. The van der Waals surface area contributed by atoms with E-state index in [-0.39, 0.29) is 16.6 Å². The highest BCUT2D eigenvalue weighted by molar-refractivity contribution is 6.76. The molecule has 0 bridgehead atoms. The highest BCUT2D eigenvalue weighted by atomic mass is 19.1. The fourth-order valence-corrected chi connectivity index (χ4v) is 4.96. The van der Waals surface area contributed by atoms with E-state index in [4.69, 9.17) is 0 Å². The van der Waals surface area contributed by atoms with Gasteiger partial charge in [-0.2, -0.15) is 0 Å². The summed E-state index contributed by atoms with van der Waals surface area (Å²) < 4.78 is 14.9. The second kappa shape index (κ2) is 7.06. The number of halogens is 1. The Hall–Kier alpha value is -2.09. The number of benzene rings is 3. The summed E-state index contributed by atoms with van der Waals surface area (Å²) in [4.78, 5) is 0. The topological polar surface area (TPSA) is 0 Å². The maximum Gasteiger partial charge on any atom is 0.177 e. The minimum atomic E-state index is -0.0791. The molecule has 0 saturated carbocycles. The van der Waals surface area contributed by atoms with E-state index < -0.39 is 0 Å². The first-order valence-electron chi connectivity index (χ1n) is 10.5. The van der Waals surface area contributed by atoms with Gasteiger partial charge in [0.15, 0.2) is 6.71 Å². The van der Waals surface area contributed by atoms with Crippen LogP contribution < -0.4 is 5.46 Å². The van der Waals surface area contributed by atoms with Crippen molar-refractivity contribution in [3.63, 3.8) is 0 Å². The third-order valence-corrected chi connectivity index (χ3v) is 7.35. The summed E-state index contributed by atoms with van der Waals surface area (Å²) in [6, 6.07) is 20.6. The molecule has 28 heavy (non-hydrogen) atoms. The van der Waals surface area contributed by atoms with Gasteiger partial charge < -0.3 is 0 Å². The fraction of sp³-hybridized carbons (Fsp3) is 0.385. The zero-order chi connectivity index (χ0) is 19.9. The Kier molecular flexibility index (Phi) is 4.85. The fourth-order valence-electron chi connectivity index (χ4n) is 4.96. The van der Waals surface area contributed by atoms with Gasteiger partial charge in [-0.25, -0.2) is 4.39 Å². The molecular weight excluding hydrogens is 342 g/mol. The van der Waals surface area contributed by atoms with Crippen LogP contribution in [0.25, 0.3) is 10.8 Å². The third-order valence-electron chi connectivity index (χ3n) is 7.35. The predicted octanol–water partition coefficient (Wildman–Crippen LogP) is 6.53. The molecule has 0 unspecified atom stereocenters. The lowest BCUT2D eigenvalue weighted by Crippen LogP contribution is -2.30. The summed E-state index contributed by atoms with van der Waals surface area (Å²) in [6.45, 7) is 9.88. The molecule has 1 saturated heterocycles. The van der Waals surface area contributed by atoms with Gasteiger partial charge in [0, 0.05) is 5.39 Å². The molecular formula is C26H30BF. The largest absolute Gasteiger partial charge is 0.206 e. The van der Waals surface area contributed by atoms with Gasteiger partial charge in [-0.15, -0.1) is 0 Å². The first kappa shape index (κ1) is 19.2. The van der Waals surface area contributed by atoms with Crippen LogP contribution >= 0.6 is 0 Å². The van der Waals surface area contributed by atoms with Crippen molar-refractivity contribution in [3.05, 3.63) is 77.6 Å². The molecule has 3 aromatic rings. The average molecular weight is 372 g/mol. The molecule has 1 aliphatic rings. The highest BCUT2D eigenvalue weighted by Crippen LogP contribution is 2.52. The van der Waals surface area contributed by atoms with Crippen LogP contribution in [0.5, 0.6) is 0 Å². The Balaban J connectivity index is 1.74. The van der Waals surface area contributed by atoms with Crippen LogP contribution in [-0.4, -0.2) is 6.71 Å². The molecule has 1 aliphatic heterocycles. The number of fused-ring (bicyclic) bond motifs is 1. The first-order valence-corrected chi connectivity index (χ1v) is 10.5. The summed E-state index contributed by atoms with van der Waals surface area (Å²) in [6.07, 6.45) is 4.24. The summed E-state index contributed by atoms with van der Waals surface area (Å²) in [5, 5.41) is 1.88. The van der Waals surface area contributed by atoms with Gasteiger partial charge >= 0.3 is 0 Å². The molecule has 0 amide bonds. The summed E-state index contributed by atoms with van der Waals surface area (Å²) in [7, 11) is 0. The van der Waals surface area contributed by atoms with Crippen molar-refractivity contribution in [2.75, 3.05) is 0 Å². The maximum atomic E-state index is 14.9. The van der Waals surface area contributed by atoms with Crippen LogP contribution in [-0.2, 0) is 12.8 Å². The van der Waals surface area contributed by atoms with Crippen LogP contribution in [0.2, 0.25) is 12.6 Å². The number of aryl methyl sites for hydroxylation is 2. The maximum absolute atomic E-state index is 14.9. The van der Waals surface area contributed by atoms with Gasteiger partial charge in [-0.05, 0) is 46.3 Å². The molecule has 0 N–H and O–H groups in total. The van der Waals surface area contributed by atoms with Crippen LogP contribution in [0.1, 0.15) is 38.8 Å². The third kappa shape index (κ3) is 3.50. The van der Waals surface area contributed by atoms with Crippen molar-refractivity contribution < 1.29 is 4.39 Å². The van der Waals surface area contributed by atoms with E-state index in [1.165, 1.54) is 16.6 Å². The number of hydrogen-bond acceptors (Lipinski definition) is 0. The standard InChI is InChI=1S/C26H30BF/c1-25(2)17-27(18-26(25,3)4)22-16-20(14-13-19-9-6-5-7-10-19)15-21-11-8-12-23(28)24(21)22/h5-12,15-16H,13-14,17-18H2,1-4H3. The van der Waals surface area contributed by atoms with E-state index in [1.807, 2.05) is 6.07 Å². The van der Waals surface area contributed by atoms with Gasteiger partial charge in [0.25, 0.3) is 0 Å². The monoisotopic (exact) mass is 372 g/mol. The molecule has 3 aromatic carbocycles. The summed E-state index contributed by atoms with van der Waals surface area (Å²) in [5.74, 6) is -0.0791. The van der Waals surface area contributed by atoms with Crippen LogP contribution in [0.4, 0.5) is 4.39 Å². The van der Waals surface area contributed by atoms with Gasteiger partial charge in [-0.1, -0.05) is 100 Å². The molecule has 0 spiro atoms. The van der Waals surface area contributed by atoms with Crippen molar-refractivity contribution in [2.24, 2.45) is 10.8 Å². The van der Waals surface area contributed by atoms with E-state index in [9.17, 15) is 4.39 Å². The zero-order valence-corrected chi connectivity index (χ0v) is 17.6. The lowest BCUT2D eigenvalue weighted by molar-refractivity contribution is 0.177. The minimum Gasteiger partial charge on any atom is -0.206 e. The molecule has 4 rings (SSSR count). The van der Waals surface area contributed by atoms with E-state index in [2.05, 4.69) is 76.2 Å². The molecule has 1 heterocycles. The van der Waals surface area contributed by atoms with Gasteiger partial charge in [-0.3, -0.25) is 0 Å². The molecule has 1 fully saturated rings. The van der Waals surface area contributed by atoms with E-state index in [0.717, 1.165) is 36.3 Å². The lowest BCUT2D eigenvalue weighted by atomic mass is 9.41. The minimum absolute atomic E-state index is 0.0791. The number of rotatable bonds is 4. The quantitative estimate of drug-likeness (QED) is 0.457. The van der Waals surface area contributed by atoms with Crippen LogP contribution in [0.3, 0.4) is 0 Å². The Labute approximate surface area is 169 Å². The van der Waals surface area contributed by atoms with Crippen molar-refractivity contribution in [2.45, 2.75) is 53.2 Å². The average Bonchev–Trinajstić information content (AvgIpc) is 2.88. The lowest BCUT2D eigenvalue weighted by Gasteiger charge is -2.35. The van der Waals surface area contributed by atoms with Crippen molar-refractivity contribution in [1.82, 2.24) is 0 Å². The van der Waals surface area contributed by atoms with Crippen LogP contribution in [0.15, 0.2) is 60.7 Å². The first-order chi connectivity index (χ1) is 13.3. The van der Waals surface area contributed by atoms with Crippen LogP contribution in [0, 0.1) is 16.6 Å². The second-order valence-corrected chi connectivity index (χ2v) is 9.88. The van der Waals surface area contributed by atoms with E-state index in [0.29, 0.717) is 6.71 Å².